The number of methoxy groups -OCH3 is 1. The van der Waals surface area contributed by atoms with Crippen LogP contribution in [0.15, 0.2) is 24.3 Å². The highest BCUT2D eigenvalue weighted by molar-refractivity contribution is 5.27. The Morgan fingerprint density at radius 2 is 1.57 bits per heavy atom. The van der Waals surface area contributed by atoms with E-state index in [1.807, 2.05) is 0 Å². The first-order valence-corrected chi connectivity index (χ1v) is 8.44. The van der Waals surface area contributed by atoms with E-state index >= 15 is 0 Å². The van der Waals surface area contributed by atoms with Crippen molar-refractivity contribution in [2.45, 2.75) is 47.0 Å². The summed E-state index contributed by atoms with van der Waals surface area (Å²) in [6.45, 7) is 11.4. The Morgan fingerprint density at radius 3 is 2.05 bits per heavy atom. The number of nitrogens with one attached hydrogen (secondary N) is 1. The molecule has 0 fully saturated rings. The van der Waals surface area contributed by atoms with Gasteiger partial charge in [0.1, 0.15) is 5.75 Å². The van der Waals surface area contributed by atoms with Crippen molar-refractivity contribution in [3.8, 4) is 5.75 Å². The molecule has 0 saturated carbocycles. The fourth-order valence-corrected chi connectivity index (χ4v) is 2.98. The van der Waals surface area contributed by atoms with Crippen molar-refractivity contribution in [3.63, 3.8) is 0 Å². The van der Waals surface area contributed by atoms with Crippen LogP contribution in [0.5, 0.6) is 5.75 Å². The zero-order valence-electron chi connectivity index (χ0n) is 14.5. The minimum Gasteiger partial charge on any atom is -0.497 e. The van der Waals surface area contributed by atoms with Crippen LogP contribution in [0, 0.1) is 17.8 Å². The van der Waals surface area contributed by atoms with Crippen LogP contribution in [-0.2, 0) is 6.42 Å². The number of hydrogen-bond donors (Lipinski definition) is 1. The Balaban J connectivity index is 2.65. The van der Waals surface area contributed by atoms with Crippen molar-refractivity contribution >= 4 is 0 Å². The van der Waals surface area contributed by atoms with E-state index in [0.717, 1.165) is 31.2 Å². The van der Waals surface area contributed by atoms with E-state index in [-0.39, 0.29) is 0 Å². The van der Waals surface area contributed by atoms with Gasteiger partial charge in [0.15, 0.2) is 0 Å². The lowest BCUT2D eigenvalue weighted by molar-refractivity contribution is 0.294. The van der Waals surface area contributed by atoms with Gasteiger partial charge < -0.3 is 10.1 Å². The Bertz CT molecular complexity index is 368. The molecule has 0 aliphatic carbocycles. The van der Waals surface area contributed by atoms with Gasteiger partial charge in [0, 0.05) is 0 Å². The lowest BCUT2D eigenvalue weighted by Crippen LogP contribution is -2.31. The highest BCUT2D eigenvalue weighted by Crippen LogP contribution is 2.24. The molecule has 0 spiro atoms. The van der Waals surface area contributed by atoms with E-state index in [0.29, 0.717) is 11.8 Å². The lowest BCUT2D eigenvalue weighted by Gasteiger charge is -2.26. The summed E-state index contributed by atoms with van der Waals surface area (Å²) in [6.07, 6.45) is 3.68. The Hall–Kier alpha value is -1.02. The van der Waals surface area contributed by atoms with Crippen LogP contribution in [0.25, 0.3) is 0 Å². The summed E-state index contributed by atoms with van der Waals surface area (Å²) < 4.78 is 5.24. The minimum atomic E-state index is 0.715. The highest BCUT2D eigenvalue weighted by atomic mass is 16.5. The molecule has 0 radical (unpaired) electrons. The molecule has 1 unspecified atom stereocenters. The van der Waals surface area contributed by atoms with Crippen molar-refractivity contribution in [3.05, 3.63) is 29.8 Å². The summed E-state index contributed by atoms with van der Waals surface area (Å²) in [5, 5.41) is 3.65. The van der Waals surface area contributed by atoms with Gasteiger partial charge >= 0.3 is 0 Å². The maximum Gasteiger partial charge on any atom is 0.118 e. The van der Waals surface area contributed by atoms with E-state index in [1.54, 1.807) is 7.11 Å². The van der Waals surface area contributed by atoms with Crippen LogP contribution in [0.3, 0.4) is 0 Å². The van der Waals surface area contributed by atoms with Crippen molar-refractivity contribution < 1.29 is 4.74 Å². The van der Waals surface area contributed by atoms with Crippen molar-refractivity contribution in [1.29, 1.82) is 0 Å². The Morgan fingerprint density at radius 1 is 0.952 bits per heavy atom. The summed E-state index contributed by atoms with van der Waals surface area (Å²) in [5.74, 6) is 3.17. The molecule has 0 amide bonds. The fraction of sp³-hybridized carbons (Fsp3) is 0.684. The highest BCUT2D eigenvalue weighted by Gasteiger charge is 2.18. The summed E-state index contributed by atoms with van der Waals surface area (Å²) in [6, 6.07) is 8.55. The van der Waals surface area contributed by atoms with Crippen LogP contribution >= 0.6 is 0 Å². The Kier molecular flexibility index (Phi) is 8.44. The normalized spacial score (nSPS) is 12.9. The molecule has 1 aromatic rings. The van der Waals surface area contributed by atoms with Gasteiger partial charge in [-0.25, -0.2) is 0 Å². The molecule has 0 bridgehead atoms. The maximum absolute atomic E-state index is 5.24. The van der Waals surface area contributed by atoms with Crippen molar-refractivity contribution in [1.82, 2.24) is 5.32 Å². The first kappa shape index (κ1) is 18.0. The smallest absolute Gasteiger partial charge is 0.118 e. The molecule has 1 atom stereocenters. The molecule has 0 saturated heterocycles. The second kappa shape index (κ2) is 9.83. The van der Waals surface area contributed by atoms with Gasteiger partial charge in [-0.2, -0.15) is 0 Å². The first-order valence-electron chi connectivity index (χ1n) is 8.44. The molecule has 2 heteroatoms. The van der Waals surface area contributed by atoms with Gasteiger partial charge in [-0.1, -0.05) is 52.7 Å². The zero-order valence-corrected chi connectivity index (χ0v) is 14.5. The second-order valence-electron chi connectivity index (χ2n) is 6.44. The quantitative estimate of drug-likeness (QED) is 0.683. The van der Waals surface area contributed by atoms with E-state index in [4.69, 9.17) is 4.74 Å². The fourth-order valence-electron chi connectivity index (χ4n) is 2.98. The standard InChI is InChI=1S/C19H33NO/c1-6-17(7-2)18(14-20-13-15(3)4)12-16-8-10-19(21-5)11-9-16/h8-11,15,17-18,20H,6-7,12-14H2,1-5H3. The summed E-state index contributed by atoms with van der Waals surface area (Å²) >= 11 is 0. The predicted octanol–water partition coefficient (Wildman–Crippen LogP) is 4.54. The van der Waals surface area contributed by atoms with Gasteiger partial charge in [-0.15, -0.1) is 0 Å². The number of benzene rings is 1. The third kappa shape index (κ3) is 6.52. The van der Waals surface area contributed by atoms with Crippen LogP contribution in [-0.4, -0.2) is 20.2 Å². The van der Waals surface area contributed by atoms with Crippen LogP contribution in [0.4, 0.5) is 0 Å². The molecular weight excluding hydrogens is 258 g/mol. The van der Waals surface area contributed by atoms with E-state index in [9.17, 15) is 0 Å². The average molecular weight is 291 g/mol. The number of rotatable bonds is 10. The molecule has 0 aliphatic heterocycles. The van der Waals surface area contributed by atoms with Crippen LogP contribution in [0.1, 0.15) is 46.1 Å². The lowest BCUT2D eigenvalue weighted by atomic mass is 9.83. The third-order valence-corrected chi connectivity index (χ3v) is 4.33. The molecule has 1 aromatic carbocycles. The minimum absolute atomic E-state index is 0.715. The monoisotopic (exact) mass is 291 g/mol. The van der Waals surface area contributed by atoms with Crippen LogP contribution in [0.2, 0.25) is 0 Å². The first-order chi connectivity index (χ1) is 10.1. The number of ether oxygens (including phenoxy) is 1. The topological polar surface area (TPSA) is 21.3 Å². The molecule has 21 heavy (non-hydrogen) atoms. The molecule has 1 rings (SSSR count). The largest absolute Gasteiger partial charge is 0.497 e. The van der Waals surface area contributed by atoms with Gasteiger partial charge in [0.2, 0.25) is 0 Å². The second-order valence-corrected chi connectivity index (χ2v) is 6.44. The maximum atomic E-state index is 5.24. The predicted molar refractivity (Wildman–Crippen MR) is 92.0 cm³/mol. The van der Waals surface area contributed by atoms with Crippen molar-refractivity contribution in [2.24, 2.45) is 17.8 Å². The molecule has 0 heterocycles. The molecular formula is C19H33NO. The van der Waals surface area contributed by atoms with Crippen molar-refractivity contribution in [2.75, 3.05) is 20.2 Å². The zero-order chi connectivity index (χ0) is 15.7. The average Bonchev–Trinajstić information content (AvgIpc) is 2.48. The van der Waals surface area contributed by atoms with Gasteiger partial charge in [0.25, 0.3) is 0 Å². The summed E-state index contributed by atoms with van der Waals surface area (Å²) in [5.41, 5.74) is 1.42. The Labute approximate surface area is 131 Å². The van der Waals surface area contributed by atoms with Gasteiger partial charge in [-0.3, -0.25) is 0 Å². The summed E-state index contributed by atoms with van der Waals surface area (Å²) in [4.78, 5) is 0. The number of hydrogen-bond acceptors (Lipinski definition) is 2. The van der Waals surface area contributed by atoms with Crippen LogP contribution < -0.4 is 10.1 Å². The van der Waals surface area contributed by atoms with Gasteiger partial charge in [-0.05, 0) is 55.0 Å². The molecule has 0 aliphatic rings. The summed E-state index contributed by atoms with van der Waals surface area (Å²) in [7, 11) is 1.72. The molecule has 2 nitrogen and oxygen atoms in total. The van der Waals surface area contributed by atoms with E-state index in [1.165, 1.54) is 18.4 Å². The van der Waals surface area contributed by atoms with Gasteiger partial charge in [0.05, 0.1) is 7.11 Å². The van der Waals surface area contributed by atoms with E-state index < -0.39 is 0 Å². The SMILES string of the molecule is CCC(CC)C(CNCC(C)C)Cc1ccc(OC)cc1. The molecule has 120 valence electrons. The molecule has 1 N–H and O–H groups in total. The molecule has 0 aromatic heterocycles. The third-order valence-electron chi connectivity index (χ3n) is 4.33. The van der Waals surface area contributed by atoms with E-state index in [2.05, 4.69) is 57.3 Å².